The molecule has 18 nitrogen and oxygen atoms in total. The van der Waals surface area contributed by atoms with Crippen molar-refractivity contribution in [3.05, 3.63) is 101 Å². The zero-order valence-electron chi connectivity index (χ0n) is 44.7. The van der Waals surface area contributed by atoms with Gasteiger partial charge in [0.25, 0.3) is 0 Å². The van der Waals surface area contributed by atoms with Crippen molar-refractivity contribution in [3.63, 3.8) is 0 Å². The van der Waals surface area contributed by atoms with Crippen LogP contribution in [0.2, 0.25) is 0 Å². The lowest BCUT2D eigenvalue weighted by Crippen LogP contribution is -2.21. The Hall–Kier alpha value is -6.82. The molecule has 398 valence electrons. The molecule has 5 rings (SSSR count). The van der Waals surface area contributed by atoms with Gasteiger partial charge in [-0.15, -0.1) is 0 Å². The molecule has 0 fully saturated rings. The van der Waals surface area contributed by atoms with Gasteiger partial charge >= 0.3 is 0 Å². The molecular weight excluding hydrogens is 943 g/mol. The molecule has 18 heteroatoms. The van der Waals surface area contributed by atoms with E-state index in [2.05, 4.69) is 26.9 Å². The molecule has 0 aromatic carbocycles. The van der Waals surface area contributed by atoms with E-state index < -0.39 is 0 Å². The van der Waals surface area contributed by atoms with Crippen LogP contribution in [0, 0.1) is 5.92 Å². The van der Waals surface area contributed by atoms with Crippen molar-refractivity contribution in [1.29, 1.82) is 0 Å². The Morgan fingerprint density at radius 1 is 0.459 bits per heavy atom. The van der Waals surface area contributed by atoms with E-state index in [9.17, 15) is 43.2 Å². The lowest BCUT2D eigenvalue weighted by molar-refractivity contribution is -0.122. The van der Waals surface area contributed by atoms with Gasteiger partial charge in [-0.1, -0.05) is 13.8 Å². The number of ketones is 9. The molecule has 0 saturated heterocycles. The molecule has 74 heavy (non-hydrogen) atoms. The van der Waals surface area contributed by atoms with Gasteiger partial charge in [-0.25, -0.2) is 15.0 Å². The molecule has 5 aromatic rings. The molecule has 0 radical (unpaired) electrons. The largest absolute Gasteiger partial charge is 0.348 e. The van der Waals surface area contributed by atoms with Crippen LogP contribution in [0.25, 0.3) is 0 Å². The van der Waals surface area contributed by atoms with Crippen LogP contribution < -0.4 is 0 Å². The maximum atomic E-state index is 13.4. The number of carbonyl (C=O) groups excluding carboxylic acids is 9. The van der Waals surface area contributed by atoms with E-state index in [-0.39, 0.29) is 122 Å². The van der Waals surface area contributed by atoms with Gasteiger partial charge in [-0.2, -0.15) is 0 Å². The lowest BCUT2D eigenvalue weighted by atomic mass is 10.0. The highest BCUT2D eigenvalue weighted by Crippen LogP contribution is 2.19. The Kier molecular flexibility index (Phi) is 22.0. The van der Waals surface area contributed by atoms with E-state index in [0.29, 0.717) is 84.0 Å². The Morgan fingerprint density at radius 3 is 1.36 bits per heavy atom. The minimum absolute atomic E-state index is 0.00512. The molecule has 0 bridgehead atoms. The summed E-state index contributed by atoms with van der Waals surface area (Å²) in [6.45, 7) is 5.69. The first-order valence-electron chi connectivity index (χ1n) is 25.9. The second-order valence-corrected chi connectivity index (χ2v) is 20.2. The first-order valence-corrected chi connectivity index (χ1v) is 25.9. The summed E-state index contributed by atoms with van der Waals surface area (Å²) in [5.74, 6) is 0.146. The van der Waals surface area contributed by atoms with Crippen LogP contribution in [0.4, 0.5) is 0 Å². The third-order valence-electron chi connectivity index (χ3n) is 13.3. The van der Waals surface area contributed by atoms with Crippen LogP contribution >= 0.6 is 0 Å². The average molecular weight is 1020 g/mol. The van der Waals surface area contributed by atoms with Crippen molar-refractivity contribution < 1.29 is 43.2 Å². The first kappa shape index (κ1) is 58.1. The monoisotopic (exact) mass is 1020 g/mol. The average Bonchev–Trinajstić information content (AvgIpc) is 4.18. The molecule has 0 spiro atoms. The number of Topliss-reactive ketones (excluding diaryl/α,β-unsaturated/α-hetero) is 9. The van der Waals surface area contributed by atoms with Gasteiger partial charge in [0.2, 0.25) is 11.6 Å². The summed E-state index contributed by atoms with van der Waals surface area (Å²) in [6.07, 6.45) is 17.0. The molecule has 0 saturated carbocycles. The van der Waals surface area contributed by atoms with E-state index in [1.165, 1.54) is 0 Å². The number of hydrogen-bond acceptors (Lipinski definition) is 13. The SMILES string of the molecule is CC(C)C(=O)CCCCN(C)CCCCC(=O)CCCC(=O)c1nc(CC(=O)CCCC(=O)c2cc(CC(=O)c3nc(CC(=O)CCCC(=O)c4cc(CC(=O)c5nccn5C)cn4C)cn3C)cn2C)cn1C. The number of hydrogen-bond donors (Lipinski definition) is 0. The van der Waals surface area contributed by atoms with Crippen molar-refractivity contribution in [3.8, 4) is 0 Å². The van der Waals surface area contributed by atoms with E-state index in [0.717, 1.165) is 38.8 Å². The number of unbranched alkanes of at least 4 members (excludes halogenated alkanes) is 2. The van der Waals surface area contributed by atoms with Crippen LogP contribution in [-0.4, -0.2) is 115 Å². The Balaban J connectivity index is 0.964. The molecule has 0 aliphatic rings. The summed E-state index contributed by atoms with van der Waals surface area (Å²) in [7, 11) is 10.7. The highest BCUT2D eigenvalue weighted by molar-refractivity contribution is 5.99. The van der Waals surface area contributed by atoms with Crippen molar-refractivity contribution in [2.24, 2.45) is 41.2 Å². The molecule has 0 atom stereocenters. The summed E-state index contributed by atoms with van der Waals surface area (Å²) in [4.78, 5) is 131. The van der Waals surface area contributed by atoms with Crippen LogP contribution in [0.3, 0.4) is 0 Å². The normalized spacial score (nSPS) is 11.5. The molecule has 0 N–H and O–H groups in total. The van der Waals surface area contributed by atoms with Gasteiger partial charge in [0, 0.05) is 143 Å². The zero-order chi connectivity index (χ0) is 54.1. The maximum Gasteiger partial charge on any atom is 0.202 e. The molecule has 0 amide bonds. The maximum absolute atomic E-state index is 13.4. The zero-order valence-corrected chi connectivity index (χ0v) is 44.7. The third-order valence-corrected chi connectivity index (χ3v) is 13.3. The Labute approximate surface area is 434 Å². The number of aromatic nitrogens is 8. The molecule has 0 aliphatic carbocycles. The van der Waals surface area contributed by atoms with Gasteiger partial charge in [0.15, 0.2) is 34.8 Å². The molecular formula is C56H75N9O9. The molecule has 0 unspecified atom stereocenters. The van der Waals surface area contributed by atoms with E-state index in [1.54, 1.807) is 107 Å². The highest BCUT2D eigenvalue weighted by Gasteiger charge is 2.22. The number of nitrogens with zero attached hydrogens (tertiary/aromatic N) is 9. The fraction of sp³-hybridized carbons (Fsp3) is 0.536. The number of carbonyl (C=O) groups is 9. The summed E-state index contributed by atoms with van der Waals surface area (Å²) in [6, 6.07) is 3.37. The Bertz CT molecular complexity index is 2810. The number of rotatable bonds is 36. The van der Waals surface area contributed by atoms with Crippen molar-refractivity contribution >= 4 is 52.0 Å². The standard InChI is InChI=1S/C56H75N9O9/c1-38(2)48(69)20-10-12-26-60(3)25-11-9-16-43(66)17-13-23-51(72)55-58-41(36-64(55)7)32-44(67)18-14-22-50(71)47-29-40(35-63(47)6)31-53(74)56-59-42(37-65(56)8)33-45(68)19-15-21-49(70)46-28-39(34-62(46)5)30-52(73)54-57-24-27-61(54)4/h24,27-29,34-38H,9-23,25-26,30-33H2,1-8H3. The summed E-state index contributed by atoms with van der Waals surface area (Å²) in [5.41, 5.74) is 3.10. The summed E-state index contributed by atoms with van der Waals surface area (Å²) in [5, 5.41) is 0. The number of imidazole rings is 3. The quantitative estimate of drug-likeness (QED) is 0.0287. The molecule has 0 aliphatic heterocycles. The van der Waals surface area contributed by atoms with Crippen LogP contribution in [0.15, 0.2) is 49.3 Å². The third kappa shape index (κ3) is 17.7. The van der Waals surface area contributed by atoms with Gasteiger partial charge in [0.1, 0.15) is 23.1 Å². The van der Waals surface area contributed by atoms with E-state index >= 15 is 0 Å². The van der Waals surface area contributed by atoms with Crippen LogP contribution in [0.5, 0.6) is 0 Å². The topological polar surface area (TPSA) is 220 Å². The number of aryl methyl sites for hydroxylation is 5. The van der Waals surface area contributed by atoms with Gasteiger partial charge in [-0.05, 0) is 88.3 Å². The summed E-state index contributed by atoms with van der Waals surface area (Å²) < 4.78 is 8.19. The smallest absolute Gasteiger partial charge is 0.202 e. The van der Waals surface area contributed by atoms with Crippen molar-refractivity contribution in [2.75, 3.05) is 20.1 Å². The summed E-state index contributed by atoms with van der Waals surface area (Å²) >= 11 is 0. The van der Waals surface area contributed by atoms with Crippen molar-refractivity contribution in [2.45, 2.75) is 136 Å². The molecule has 5 aromatic heterocycles. The fourth-order valence-corrected chi connectivity index (χ4v) is 9.12. The van der Waals surface area contributed by atoms with Gasteiger partial charge < -0.3 is 27.7 Å². The lowest BCUT2D eigenvalue weighted by Gasteiger charge is -2.16. The van der Waals surface area contributed by atoms with Gasteiger partial charge in [0.05, 0.1) is 35.6 Å². The van der Waals surface area contributed by atoms with Gasteiger partial charge in [-0.3, -0.25) is 43.2 Å². The van der Waals surface area contributed by atoms with Crippen molar-refractivity contribution in [1.82, 2.24) is 42.7 Å². The minimum atomic E-state index is -0.286. The second kappa shape index (κ2) is 28.0. The van der Waals surface area contributed by atoms with Crippen LogP contribution in [0.1, 0.15) is 186 Å². The first-order chi connectivity index (χ1) is 35.2. The van der Waals surface area contributed by atoms with E-state index in [4.69, 9.17) is 0 Å². The van der Waals surface area contributed by atoms with Crippen LogP contribution in [-0.2, 0) is 80.1 Å². The highest BCUT2D eigenvalue weighted by atomic mass is 16.2. The molecule has 5 heterocycles. The second-order valence-electron chi connectivity index (χ2n) is 20.2. The Morgan fingerprint density at radius 2 is 0.892 bits per heavy atom. The minimum Gasteiger partial charge on any atom is -0.348 e. The predicted octanol–water partition coefficient (Wildman–Crippen LogP) is 7.16. The fourth-order valence-electron chi connectivity index (χ4n) is 9.12. The predicted molar refractivity (Wildman–Crippen MR) is 279 cm³/mol. The van der Waals surface area contributed by atoms with E-state index in [1.807, 2.05) is 13.8 Å².